The molecule has 68 valence electrons. The first-order valence-electron chi connectivity index (χ1n) is 4.09. The molecule has 0 amide bonds. The van der Waals surface area contributed by atoms with Gasteiger partial charge in [0.1, 0.15) is 0 Å². The minimum absolute atomic E-state index is 0.243. The van der Waals surface area contributed by atoms with Crippen molar-refractivity contribution < 1.29 is 9.52 Å². The molecule has 0 bridgehead atoms. The number of rotatable bonds is 5. The maximum absolute atomic E-state index is 9.49. The van der Waals surface area contributed by atoms with Gasteiger partial charge in [-0.2, -0.15) is 11.8 Å². The fraction of sp³-hybridized carbons (Fsp3) is 0.556. The number of hydrogen-bond donors (Lipinski definition) is 1. The Morgan fingerprint density at radius 2 is 2.50 bits per heavy atom. The van der Waals surface area contributed by atoms with Crippen molar-refractivity contribution in [2.45, 2.75) is 19.4 Å². The first kappa shape index (κ1) is 9.68. The lowest BCUT2D eigenvalue weighted by atomic mass is 10.2. The average Bonchev–Trinajstić information content (AvgIpc) is 2.53. The molecule has 1 atom stereocenters. The third-order valence-electron chi connectivity index (χ3n) is 1.57. The standard InChI is InChI=1S/C9H14O2S/c1-2-12-7-9(10)5-8-3-4-11-6-8/h3-4,6,9-10H,2,5,7H2,1H3. The smallest absolute Gasteiger partial charge is 0.0935 e. The van der Waals surface area contributed by atoms with Crippen molar-refractivity contribution in [2.24, 2.45) is 0 Å². The predicted molar refractivity (Wildman–Crippen MR) is 51.4 cm³/mol. The molecule has 0 aliphatic heterocycles. The van der Waals surface area contributed by atoms with Crippen LogP contribution in [0.5, 0.6) is 0 Å². The van der Waals surface area contributed by atoms with Gasteiger partial charge in [-0.3, -0.25) is 0 Å². The molecule has 12 heavy (non-hydrogen) atoms. The van der Waals surface area contributed by atoms with E-state index in [1.165, 1.54) is 0 Å². The quantitative estimate of drug-likeness (QED) is 0.763. The number of furan rings is 1. The molecule has 1 aromatic heterocycles. The number of hydrogen-bond acceptors (Lipinski definition) is 3. The van der Waals surface area contributed by atoms with E-state index in [1.54, 1.807) is 24.3 Å². The van der Waals surface area contributed by atoms with Gasteiger partial charge >= 0.3 is 0 Å². The lowest BCUT2D eigenvalue weighted by Gasteiger charge is -2.06. The van der Waals surface area contributed by atoms with Crippen LogP contribution >= 0.6 is 11.8 Å². The Kier molecular flexibility index (Phi) is 4.25. The predicted octanol–water partition coefficient (Wildman–Crippen LogP) is 1.94. The van der Waals surface area contributed by atoms with Gasteiger partial charge in [0, 0.05) is 12.2 Å². The summed E-state index contributed by atoms with van der Waals surface area (Å²) in [6, 6.07) is 1.89. The van der Waals surface area contributed by atoms with Crippen LogP contribution < -0.4 is 0 Å². The lowest BCUT2D eigenvalue weighted by Crippen LogP contribution is -2.13. The van der Waals surface area contributed by atoms with Crippen LogP contribution in [0.15, 0.2) is 23.0 Å². The Labute approximate surface area is 77.0 Å². The highest BCUT2D eigenvalue weighted by Crippen LogP contribution is 2.08. The SMILES string of the molecule is CCSCC(O)Cc1ccoc1. The molecule has 0 aromatic carbocycles. The molecule has 3 heteroatoms. The molecule has 0 radical (unpaired) electrons. The zero-order valence-electron chi connectivity index (χ0n) is 7.19. The first-order chi connectivity index (χ1) is 5.83. The molecular weight excluding hydrogens is 172 g/mol. The summed E-state index contributed by atoms with van der Waals surface area (Å²) in [6.45, 7) is 2.09. The van der Waals surface area contributed by atoms with E-state index in [1.807, 2.05) is 6.07 Å². The summed E-state index contributed by atoms with van der Waals surface area (Å²) in [5.74, 6) is 1.87. The van der Waals surface area contributed by atoms with Gasteiger partial charge in [0.2, 0.25) is 0 Å². The van der Waals surface area contributed by atoms with Crippen molar-refractivity contribution in [2.75, 3.05) is 11.5 Å². The van der Waals surface area contributed by atoms with E-state index in [4.69, 9.17) is 4.42 Å². The molecule has 1 rings (SSSR count). The summed E-state index contributed by atoms with van der Waals surface area (Å²) >= 11 is 1.76. The van der Waals surface area contributed by atoms with E-state index in [0.29, 0.717) is 6.42 Å². The van der Waals surface area contributed by atoms with E-state index in [0.717, 1.165) is 17.1 Å². The normalized spacial score (nSPS) is 13.2. The average molecular weight is 186 g/mol. The summed E-state index contributed by atoms with van der Waals surface area (Å²) in [5, 5.41) is 9.49. The molecule has 1 unspecified atom stereocenters. The zero-order valence-corrected chi connectivity index (χ0v) is 8.01. The summed E-state index contributed by atoms with van der Waals surface area (Å²) < 4.78 is 4.90. The fourth-order valence-corrected chi connectivity index (χ4v) is 1.62. The third-order valence-corrected chi connectivity index (χ3v) is 2.59. The van der Waals surface area contributed by atoms with Crippen LogP contribution in [0.3, 0.4) is 0 Å². The van der Waals surface area contributed by atoms with Crippen LogP contribution in [0.4, 0.5) is 0 Å². The minimum Gasteiger partial charge on any atom is -0.472 e. The van der Waals surface area contributed by atoms with E-state index in [2.05, 4.69) is 6.92 Å². The Morgan fingerprint density at radius 1 is 1.67 bits per heavy atom. The molecule has 2 nitrogen and oxygen atoms in total. The van der Waals surface area contributed by atoms with Crippen LogP contribution in [-0.2, 0) is 6.42 Å². The summed E-state index contributed by atoms with van der Waals surface area (Å²) in [5.41, 5.74) is 1.07. The molecule has 0 saturated heterocycles. The van der Waals surface area contributed by atoms with E-state index in [-0.39, 0.29) is 6.10 Å². The van der Waals surface area contributed by atoms with Crippen molar-refractivity contribution in [3.8, 4) is 0 Å². The number of thioether (sulfide) groups is 1. The second kappa shape index (κ2) is 5.27. The molecular formula is C9H14O2S. The van der Waals surface area contributed by atoms with Crippen molar-refractivity contribution in [1.29, 1.82) is 0 Å². The molecule has 0 aliphatic carbocycles. The van der Waals surface area contributed by atoms with Crippen LogP contribution in [0.25, 0.3) is 0 Å². The maximum Gasteiger partial charge on any atom is 0.0935 e. The zero-order chi connectivity index (χ0) is 8.81. The summed E-state index contributed by atoms with van der Waals surface area (Å²) in [6.07, 6.45) is 3.77. The maximum atomic E-state index is 9.49. The van der Waals surface area contributed by atoms with Gasteiger partial charge in [0.25, 0.3) is 0 Å². The summed E-state index contributed by atoms with van der Waals surface area (Å²) in [7, 11) is 0. The minimum atomic E-state index is -0.243. The Morgan fingerprint density at radius 3 is 3.08 bits per heavy atom. The fourth-order valence-electron chi connectivity index (χ4n) is 0.994. The van der Waals surface area contributed by atoms with Gasteiger partial charge < -0.3 is 9.52 Å². The molecule has 0 aliphatic rings. The molecule has 0 saturated carbocycles. The van der Waals surface area contributed by atoms with Gasteiger partial charge in [0.15, 0.2) is 0 Å². The Balaban J connectivity index is 2.22. The van der Waals surface area contributed by atoms with Gasteiger partial charge in [-0.1, -0.05) is 6.92 Å². The molecule has 1 heterocycles. The second-order valence-electron chi connectivity index (χ2n) is 2.65. The van der Waals surface area contributed by atoms with Gasteiger partial charge in [-0.15, -0.1) is 0 Å². The second-order valence-corrected chi connectivity index (χ2v) is 3.97. The number of aliphatic hydroxyl groups excluding tert-OH is 1. The van der Waals surface area contributed by atoms with Gasteiger partial charge in [0.05, 0.1) is 18.6 Å². The van der Waals surface area contributed by atoms with E-state index in [9.17, 15) is 5.11 Å². The summed E-state index contributed by atoms with van der Waals surface area (Å²) in [4.78, 5) is 0. The third kappa shape index (κ3) is 3.32. The van der Waals surface area contributed by atoms with Crippen LogP contribution in [-0.4, -0.2) is 22.7 Å². The first-order valence-corrected chi connectivity index (χ1v) is 5.25. The van der Waals surface area contributed by atoms with Gasteiger partial charge in [-0.05, 0) is 17.4 Å². The largest absolute Gasteiger partial charge is 0.472 e. The topological polar surface area (TPSA) is 33.4 Å². The Hall–Kier alpha value is -0.410. The van der Waals surface area contributed by atoms with Crippen molar-refractivity contribution in [3.05, 3.63) is 24.2 Å². The van der Waals surface area contributed by atoms with Crippen molar-refractivity contribution in [1.82, 2.24) is 0 Å². The van der Waals surface area contributed by atoms with Crippen LogP contribution in [0.1, 0.15) is 12.5 Å². The Bertz CT molecular complexity index is 196. The number of aliphatic hydroxyl groups is 1. The highest BCUT2D eigenvalue weighted by molar-refractivity contribution is 7.99. The van der Waals surface area contributed by atoms with Crippen LogP contribution in [0, 0.1) is 0 Å². The van der Waals surface area contributed by atoms with Crippen LogP contribution in [0.2, 0.25) is 0 Å². The van der Waals surface area contributed by atoms with Crippen molar-refractivity contribution >= 4 is 11.8 Å². The molecule has 1 aromatic rings. The molecule has 0 spiro atoms. The molecule has 1 N–H and O–H groups in total. The highest BCUT2D eigenvalue weighted by atomic mass is 32.2. The molecule has 0 fully saturated rings. The van der Waals surface area contributed by atoms with E-state index < -0.39 is 0 Å². The van der Waals surface area contributed by atoms with Gasteiger partial charge in [-0.25, -0.2) is 0 Å². The van der Waals surface area contributed by atoms with E-state index >= 15 is 0 Å². The highest BCUT2D eigenvalue weighted by Gasteiger charge is 2.05. The van der Waals surface area contributed by atoms with Crippen molar-refractivity contribution in [3.63, 3.8) is 0 Å². The lowest BCUT2D eigenvalue weighted by molar-refractivity contribution is 0.200. The monoisotopic (exact) mass is 186 g/mol.